The first-order valence-corrected chi connectivity index (χ1v) is 5.48. The number of carboxylic acid groups (broad SMARTS) is 1. The first kappa shape index (κ1) is 13.4. The predicted octanol–water partition coefficient (Wildman–Crippen LogP) is 0.0553. The van der Waals surface area contributed by atoms with Crippen LogP contribution in [-0.4, -0.2) is 35.3 Å². The fourth-order valence-electron chi connectivity index (χ4n) is 1.60. The molecule has 0 aliphatic rings. The summed E-state index contributed by atoms with van der Waals surface area (Å²) >= 11 is 0. The average molecular weight is 279 g/mol. The Morgan fingerprint density at radius 1 is 1.55 bits per heavy atom. The van der Waals surface area contributed by atoms with Crippen LogP contribution >= 0.6 is 0 Å². The maximum Gasteiger partial charge on any atom is 0.363 e. The lowest BCUT2D eigenvalue weighted by molar-refractivity contribution is -0.385. The zero-order valence-electron chi connectivity index (χ0n) is 10.3. The fourth-order valence-corrected chi connectivity index (χ4v) is 1.60. The molecule has 0 saturated heterocycles. The first-order valence-electron chi connectivity index (χ1n) is 5.48. The number of aromatic carboxylic acids is 1. The fraction of sp³-hybridized carbons (Fsp3) is 0.200. The number of carbonyl (C=O) groups is 1. The lowest BCUT2D eigenvalue weighted by Gasteiger charge is -2.03. The van der Waals surface area contributed by atoms with Crippen molar-refractivity contribution in [3.63, 3.8) is 0 Å². The van der Waals surface area contributed by atoms with Crippen molar-refractivity contribution >= 4 is 11.7 Å². The van der Waals surface area contributed by atoms with E-state index in [1.54, 1.807) is 6.92 Å². The van der Waals surface area contributed by atoms with Crippen molar-refractivity contribution in [1.82, 2.24) is 19.3 Å². The minimum absolute atomic E-state index is 0.204. The molecule has 0 bridgehead atoms. The quantitative estimate of drug-likeness (QED) is 0.617. The Bertz CT molecular complexity index is 715. The van der Waals surface area contributed by atoms with E-state index in [0.29, 0.717) is 6.54 Å². The van der Waals surface area contributed by atoms with Gasteiger partial charge in [0.2, 0.25) is 11.5 Å². The summed E-state index contributed by atoms with van der Waals surface area (Å²) in [6.07, 6.45) is 3.63. The van der Waals surface area contributed by atoms with Crippen molar-refractivity contribution in [2.75, 3.05) is 0 Å². The predicted molar refractivity (Wildman–Crippen MR) is 64.9 cm³/mol. The van der Waals surface area contributed by atoms with Gasteiger partial charge in [-0.15, -0.1) is 0 Å². The van der Waals surface area contributed by atoms with Crippen LogP contribution in [0.4, 0.5) is 5.69 Å². The van der Waals surface area contributed by atoms with Crippen LogP contribution in [0.2, 0.25) is 0 Å². The van der Waals surface area contributed by atoms with Crippen molar-refractivity contribution in [2.24, 2.45) is 0 Å². The van der Waals surface area contributed by atoms with Crippen molar-refractivity contribution in [1.29, 1.82) is 0 Å². The second-order valence-corrected chi connectivity index (χ2v) is 3.71. The Hall–Kier alpha value is -3.04. The van der Waals surface area contributed by atoms with Gasteiger partial charge in [-0.2, -0.15) is 5.10 Å². The van der Waals surface area contributed by atoms with E-state index in [2.05, 4.69) is 10.1 Å². The maximum atomic E-state index is 12.0. The molecule has 0 saturated carbocycles. The van der Waals surface area contributed by atoms with E-state index in [-0.39, 0.29) is 5.82 Å². The van der Waals surface area contributed by atoms with Crippen molar-refractivity contribution in [3.8, 4) is 5.82 Å². The molecule has 20 heavy (non-hydrogen) atoms. The van der Waals surface area contributed by atoms with Gasteiger partial charge in [-0.1, -0.05) is 0 Å². The minimum Gasteiger partial charge on any atom is -0.476 e. The molecule has 0 atom stereocenters. The van der Waals surface area contributed by atoms with Crippen LogP contribution in [0.3, 0.4) is 0 Å². The lowest BCUT2D eigenvalue weighted by atomic mass is 10.4. The van der Waals surface area contributed by atoms with Gasteiger partial charge in [0.25, 0.3) is 5.56 Å². The van der Waals surface area contributed by atoms with E-state index in [9.17, 15) is 19.7 Å². The third-order valence-corrected chi connectivity index (χ3v) is 2.55. The van der Waals surface area contributed by atoms with Crippen LogP contribution in [0.1, 0.15) is 17.4 Å². The molecule has 1 N–H and O–H groups in total. The van der Waals surface area contributed by atoms with Crippen LogP contribution in [0.25, 0.3) is 5.82 Å². The summed E-state index contributed by atoms with van der Waals surface area (Å²) in [7, 11) is 0. The van der Waals surface area contributed by atoms with Gasteiger partial charge in [-0.05, 0) is 6.92 Å². The summed E-state index contributed by atoms with van der Waals surface area (Å²) in [5.74, 6) is -1.76. The molecular formula is C10H9N5O5. The van der Waals surface area contributed by atoms with Crippen LogP contribution in [0, 0.1) is 10.1 Å². The molecule has 0 aromatic carbocycles. The molecule has 2 heterocycles. The second-order valence-electron chi connectivity index (χ2n) is 3.71. The molecule has 10 nitrogen and oxygen atoms in total. The molecule has 2 rings (SSSR count). The van der Waals surface area contributed by atoms with E-state index in [4.69, 9.17) is 5.11 Å². The number of nitrogens with zero attached hydrogens (tertiary/aromatic N) is 5. The third kappa shape index (κ3) is 2.13. The maximum absolute atomic E-state index is 12.0. The monoisotopic (exact) mass is 279 g/mol. The molecule has 0 unspecified atom stereocenters. The molecule has 0 fully saturated rings. The van der Waals surface area contributed by atoms with Crippen LogP contribution in [0.5, 0.6) is 0 Å². The summed E-state index contributed by atoms with van der Waals surface area (Å²) in [4.78, 5) is 36.5. The Kier molecular flexibility index (Phi) is 3.29. The van der Waals surface area contributed by atoms with E-state index in [1.807, 2.05) is 0 Å². The lowest BCUT2D eigenvalue weighted by Crippen LogP contribution is -2.25. The van der Waals surface area contributed by atoms with Gasteiger partial charge in [-0.25, -0.2) is 14.5 Å². The number of hydrogen-bond acceptors (Lipinski definition) is 6. The standard InChI is InChI=1S/C10H9N5O5/c1-2-13-4-3-11-8(9(13)16)14-5-6(15(19)20)7(12-14)10(17)18/h3-5H,2H2,1H3,(H,17,18). The molecule has 104 valence electrons. The smallest absolute Gasteiger partial charge is 0.363 e. The van der Waals surface area contributed by atoms with Crippen LogP contribution in [-0.2, 0) is 6.54 Å². The van der Waals surface area contributed by atoms with Gasteiger partial charge in [-0.3, -0.25) is 14.9 Å². The Morgan fingerprint density at radius 3 is 2.75 bits per heavy atom. The third-order valence-electron chi connectivity index (χ3n) is 2.55. The summed E-state index contributed by atoms with van der Waals surface area (Å²) in [5.41, 5.74) is -1.97. The summed E-state index contributed by atoms with van der Waals surface area (Å²) < 4.78 is 2.12. The largest absolute Gasteiger partial charge is 0.476 e. The summed E-state index contributed by atoms with van der Waals surface area (Å²) in [6.45, 7) is 2.11. The highest BCUT2D eigenvalue weighted by molar-refractivity contribution is 5.89. The Labute approximate surface area is 111 Å². The SMILES string of the molecule is CCn1ccnc(-n2cc([N+](=O)[O-])c(C(=O)O)n2)c1=O. The van der Waals surface area contributed by atoms with Gasteiger partial charge < -0.3 is 9.67 Å². The van der Waals surface area contributed by atoms with E-state index in [1.165, 1.54) is 17.0 Å². The molecule has 0 aliphatic carbocycles. The van der Waals surface area contributed by atoms with E-state index in [0.717, 1.165) is 10.9 Å². The van der Waals surface area contributed by atoms with Gasteiger partial charge in [0.1, 0.15) is 6.20 Å². The number of aromatic nitrogens is 4. The molecule has 0 aliphatic heterocycles. The highest BCUT2D eigenvalue weighted by atomic mass is 16.6. The van der Waals surface area contributed by atoms with Crippen molar-refractivity contribution in [2.45, 2.75) is 13.5 Å². The summed E-state index contributed by atoms with van der Waals surface area (Å²) in [5, 5.41) is 23.2. The number of rotatable bonds is 4. The molecule has 2 aromatic heterocycles. The van der Waals surface area contributed by atoms with Gasteiger partial charge >= 0.3 is 11.7 Å². The second kappa shape index (κ2) is 4.91. The van der Waals surface area contributed by atoms with Crippen LogP contribution < -0.4 is 5.56 Å². The molecule has 2 aromatic rings. The minimum atomic E-state index is -1.55. The zero-order chi connectivity index (χ0) is 14.9. The van der Waals surface area contributed by atoms with Gasteiger partial charge in [0.05, 0.1) is 4.92 Å². The normalized spacial score (nSPS) is 10.4. The average Bonchev–Trinajstić information content (AvgIpc) is 2.84. The van der Waals surface area contributed by atoms with E-state index >= 15 is 0 Å². The molecule has 0 radical (unpaired) electrons. The summed E-state index contributed by atoms with van der Waals surface area (Å²) in [6, 6.07) is 0. The number of aryl methyl sites for hydroxylation is 1. The first-order chi connectivity index (χ1) is 9.45. The van der Waals surface area contributed by atoms with Gasteiger partial charge in [0, 0.05) is 18.9 Å². The van der Waals surface area contributed by atoms with E-state index < -0.39 is 27.8 Å². The molecule has 0 spiro atoms. The van der Waals surface area contributed by atoms with Crippen molar-refractivity contribution < 1.29 is 14.8 Å². The van der Waals surface area contributed by atoms with Gasteiger partial charge in [0.15, 0.2) is 0 Å². The van der Waals surface area contributed by atoms with Crippen LogP contribution in [0.15, 0.2) is 23.4 Å². The Balaban J connectivity index is 2.66. The topological polar surface area (TPSA) is 133 Å². The number of nitro groups is 1. The number of carboxylic acids is 1. The zero-order valence-corrected chi connectivity index (χ0v) is 10.3. The highest BCUT2D eigenvalue weighted by Gasteiger charge is 2.26. The Morgan fingerprint density at radius 2 is 2.25 bits per heavy atom. The van der Waals surface area contributed by atoms with Crippen molar-refractivity contribution in [3.05, 3.63) is 44.8 Å². The molecule has 10 heteroatoms. The highest BCUT2D eigenvalue weighted by Crippen LogP contribution is 2.17. The molecule has 0 amide bonds. The molecular weight excluding hydrogens is 270 g/mol. The number of hydrogen-bond donors (Lipinski definition) is 1.